The molecule has 1 amide bonds. The Morgan fingerprint density at radius 2 is 2.37 bits per heavy atom. The minimum absolute atomic E-state index is 0.131. The van der Waals surface area contributed by atoms with Crippen LogP contribution in [0.15, 0.2) is 23.2 Å². The molecule has 6 nitrogen and oxygen atoms in total. The summed E-state index contributed by atoms with van der Waals surface area (Å²) in [5.41, 5.74) is 0.907. The molecule has 0 aromatic carbocycles. The van der Waals surface area contributed by atoms with Gasteiger partial charge in [0.2, 0.25) is 0 Å². The number of hydrogen-bond donors (Lipinski definition) is 1. The molecule has 1 atom stereocenters. The molecule has 3 rings (SSSR count). The maximum absolute atomic E-state index is 11.1. The van der Waals surface area contributed by atoms with Crippen molar-refractivity contribution in [2.24, 2.45) is 0 Å². The molecular weight excluding hydrogens is 312 g/mol. The van der Waals surface area contributed by atoms with Gasteiger partial charge in [-0.1, -0.05) is 0 Å². The number of aromatic nitrogens is 3. The van der Waals surface area contributed by atoms with Crippen molar-refractivity contribution in [1.29, 1.82) is 0 Å². The lowest BCUT2D eigenvalue weighted by atomic mass is 9.97. The molecule has 2 aromatic heterocycles. The summed E-state index contributed by atoms with van der Waals surface area (Å²) in [7, 11) is 0. The predicted molar refractivity (Wildman–Crippen MR) is 72.3 cm³/mol. The lowest BCUT2D eigenvalue weighted by Crippen LogP contribution is -2.38. The summed E-state index contributed by atoms with van der Waals surface area (Å²) in [6, 6.07) is 0. The zero-order valence-electron chi connectivity index (χ0n) is 10.2. The number of carbonyl (C=O) groups is 1. The zero-order valence-corrected chi connectivity index (χ0v) is 11.7. The van der Waals surface area contributed by atoms with Crippen LogP contribution in [0.3, 0.4) is 0 Å². The second kappa shape index (κ2) is 4.80. The van der Waals surface area contributed by atoms with Gasteiger partial charge in [-0.15, -0.1) is 0 Å². The quantitative estimate of drug-likeness (QED) is 0.874. The van der Waals surface area contributed by atoms with E-state index in [0.717, 1.165) is 28.8 Å². The molecule has 3 heterocycles. The third kappa shape index (κ3) is 2.18. The van der Waals surface area contributed by atoms with Crippen LogP contribution in [0, 0.1) is 0 Å². The van der Waals surface area contributed by atoms with Gasteiger partial charge in [0.15, 0.2) is 0 Å². The predicted octanol–water partition coefficient (Wildman–Crippen LogP) is 2.35. The monoisotopic (exact) mass is 324 g/mol. The molecule has 19 heavy (non-hydrogen) atoms. The zero-order chi connectivity index (χ0) is 13.4. The Bertz CT molecular complexity index is 627. The number of fused-ring (bicyclic) bond motifs is 1. The van der Waals surface area contributed by atoms with Crippen LogP contribution >= 0.6 is 15.9 Å². The Balaban J connectivity index is 1.98. The van der Waals surface area contributed by atoms with Gasteiger partial charge in [0.25, 0.3) is 0 Å². The Hall–Kier alpha value is -1.63. The molecule has 1 N–H and O–H groups in total. The van der Waals surface area contributed by atoms with Crippen LogP contribution in [0.5, 0.6) is 0 Å². The highest BCUT2D eigenvalue weighted by Crippen LogP contribution is 2.29. The fourth-order valence-corrected chi connectivity index (χ4v) is 3.05. The van der Waals surface area contributed by atoms with E-state index >= 15 is 0 Å². The van der Waals surface area contributed by atoms with Crippen LogP contribution < -0.4 is 0 Å². The van der Waals surface area contributed by atoms with Crippen molar-refractivity contribution in [2.45, 2.75) is 18.8 Å². The number of likely N-dealkylation sites (tertiary alicyclic amines) is 1. The van der Waals surface area contributed by atoms with Crippen LogP contribution in [-0.2, 0) is 0 Å². The summed E-state index contributed by atoms with van der Waals surface area (Å²) in [6.07, 6.45) is 6.29. The van der Waals surface area contributed by atoms with E-state index in [0.29, 0.717) is 13.1 Å². The van der Waals surface area contributed by atoms with Gasteiger partial charge in [0, 0.05) is 31.4 Å². The van der Waals surface area contributed by atoms with Crippen LogP contribution in [-0.4, -0.2) is 43.6 Å². The molecule has 1 aliphatic rings. The summed E-state index contributed by atoms with van der Waals surface area (Å²) in [4.78, 5) is 21.1. The summed E-state index contributed by atoms with van der Waals surface area (Å²) in [6.45, 7) is 1.11. The third-order valence-corrected chi connectivity index (χ3v) is 4.07. The molecule has 0 spiro atoms. The summed E-state index contributed by atoms with van der Waals surface area (Å²) >= 11 is 3.43. The molecule has 0 saturated carbocycles. The van der Waals surface area contributed by atoms with Crippen molar-refractivity contribution in [1.82, 2.24) is 19.3 Å². The summed E-state index contributed by atoms with van der Waals surface area (Å²) < 4.78 is 2.73. The first kappa shape index (κ1) is 12.4. The van der Waals surface area contributed by atoms with Crippen LogP contribution in [0.2, 0.25) is 0 Å². The van der Waals surface area contributed by atoms with E-state index in [1.54, 1.807) is 12.4 Å². The standard InChI is InChI=1S/C12H13BrN4O2/c13-10-9-6-14-3-5-17(9)11(15-10)8-2-1-4-16(7-8)12(18)19/h3,5-6,8H,1-2,4,7H2,(H,18,19)/t8-/m1/s1. The molecule has 7 heteroatoms. The van der Waals surface area contributed by atoms with Crippen molar-refractivity contribution < 1.29 is 9.90 Å². The maximum Gasteiger partial charge on any atom is 0.407 e. The van der Waals surface area contributed by atoms with E-state index in [1.807, 2.05) is 10.6 Å². The van der Waals surface area contributed by atoms with Crippen LogP contribution in [0.25, 0.3) is 5.52 Å². The van der Waals surface area contributed by atoms with E-state index in [-0.39, 0.29) is 5.92 Å². The summed E-state index contributed by atoms with van der Waals surface area (Å²) in [5.74, 6) is 1.03. The molecule has 100 valence electrons. The largest absolute Gasteiger partial charge is 0.465 e. The van der Waals surface area contributed by atoms with Crippen LogP contribution in [0.4, 0.5) is 4.79 Å². The van der Waals surface area contributed by atoms with E-state index < -0.39 is 6.09 Å². The number of nitrogens with zero attached hydrogens (tertiary/aromatic N) is 4. The Kier molecular flexibility index (Phi) is 3.14. The topological polar surface area (TPSA) is 70.7 Å². The van der Waals surface area contributed by atoms with Gasteiger partial charge >= 0.3 is 6.09 Å². The number of imidazole rings is 1. The first-order chi connectivity index (χ1) is 9.16. The third-order valence-electron chi connectivity index (χ3n) is 3.49. The average molecular weight is 325 g/mol. The first-order valence-corrected chi connectivity index (χ1v) is 6.91. The van der Waals surface area contributed by atoms with Crippen molar-refractivity contribution in [2.75, 3.05) is 13.1 Å². The number of amides is 1. The molecule has 0 unspecified atom stereocenters. The fraction of sp³-hybridized carbons (Fsp3) is 0.417. The average Bonchev–Trinajstić information content (AvgIpc) is 2.77. The Labute approximate surface area is 118 Å². The van der Waals surface area contributed by atoms with Gasteiger partial charge in [-0.25, -0.2) is 9.78 Å². The highest BCUT2D eigenvalue weighted by Gasteiger charge is 2.27. The smallest absolute Gasteiger partial charge is 0.407 e. The SMILES string of the molecule is O=C(O)N1CCC[C@@H](c2nc(Br)c3cnccn23)C1. The van der Waals surface area contributed by atoms with Crippen molar-refractivity contribution >= 4 is 27.5 Å². The first-order valence-electron chi connectivity index (χ1n) is 6.12. The van der Waals surface area contributed by atoms with Gasteiger partial charge in [-0.3, -0.25) is 9.38 Å². The molecular formula is C12H13BrN4O2. The lowest BCUT2D eigenvalue weighted by Gasteiger charge is -2.29. The van der Waals surface area contributed by atoms with Gasteiger partial charge in [-0.05, 0) is 28.8 Å². The van der Waals surface area contributed by atoms with Gasteiger partial charge < -0.3 is 10.0 Å². The molecule has 1 saturated heterocycles. The fourth-order valence-electron chi connectivity index (χ4n) is 2.58. The number of halogens is 1. The minimum Gasteiger partial charge on any atom is -0.465 e. The molecule has 0 radical (unpaired) electrons. The lowest BCUT2D eigenvalue weighted by molar-refractivity contribution is 0.129. The van der Waals surface area contributed by atoms with E-state index in [4.69, 9.17) is 5.11 Å². The van der Waals surface area contributed by atoms with Gasteiger partial charge in [0.1, 0.15) is 10.4 Å². The van der Waals surface area contributed by atoms with E-state index in [1.165, 1.54) is 4.90 Å². The highest BCUT2D eigenvalue weighted by atomic mass is 79.9. The number of rotatable bonds is 1. The van der Waals surface area contributed by atoms with Gasteiger partial charge in [0.05, 0.1) is 11.7 Å². The van der Waals surface area contributed by atoms with Crippen LogP contribution in [0.1, 0.15) is 24.6 Å². The van der Waals surface area contributed by atoms with Crippen molar-refractivity contribution in [3.05, 3.63) is 29.0 Å². The second-order valence-electron chi connectivity index (χ2n) is 4.66. The molecule has 1 aliphatic heterocycles. The summed E-state index contributed by atoms with van der Waals surface area (Å²) in [5, 5.41) is 9.10. The number of hydrogen-bond acceptors (Lipinski definition) is 3. The highest BCUT2D eigenvalue weighted by molar-refractivity contribution is 9.10. The Morgan fingerprint density at radius 1 is 1.53 bits per heavy atom. The maximum atomic E-state index is 11.1. The minimum atomic E-state index is -0.855. The van der Waals surface area contributed by atoms with E-state index in [9.17, 15) is 4.79 Å². The molecule has 2 aromatic rings. The molecule has 0 aliphatic carbocycles. The molecule has 0 bridgehead atoms. The second-order valence-corrected chi connectivity index (χ2v) is 5.41. The van der Waals surface area contributed by atoms with E-state index in [2.05, 4.69) is 25.9 Å². The Morgan fingerprint density at radius 3 is 3.16 bits per heavy atom. The van der Waals surface area contributed by atoms with Crippen molar-refractivity contribution in [3.8, 4) is 0 Å². The van der Waals surface area contributed by atoms with Gasteiger partial charge in [-0.2, -0.15) is 0 Å². The van der Waals surface area contributed by atoms with Crippen molar-refractivity contribution in [3.63, 3.8) is 0 Å². The molecule has 1 fully saturated rings. The number of carboxylic acid groups (broad SMARTS) is 1. The number of piperidine rings is 1. The normalized spacial score (nSPS) is 19.8.